The van der Waals surface area contributed by atoms with Gasteiger partial charge in [0, 0.05) is 34.2 Å². The van der Waals surface area contributed by atoms with Gasteiger partial charge in [-0.05, 0) is 42.3 Å². The maximum atomic E-state index is 13.3. The van der Waals surface area contributed by atoms with Crippen LogP contribution >= 0.6 is 15.9 Å². The smallest absolute Gasteiger partial charge is 0.311 e. The van der Waals surface area contributed by atoms with Gasteiger partial charge in [0.15, 0.2) is 5.75 Å². The molecule has 1 heterocycles. The van der Waals surface area contributed by atoms with Crippen molar-refractivity contribution in [3.63, 3.8) is 0 Å². The molecule has 4 aromatic rings. The van der Waals surface area contributed by atoms with E-state index < -0.39 is 9.85 Å². The number of benzene rings is 3. The molecule has 0 N–H and O–H groups in total. The highest BCUT2D eigenvalue weighted by molar-refractivity contribution is 9.10. The van der Waals surface area contributed by atoms with Crippen molar-refractivity contribution in [2.75, 3.05) is 0 Å². The largest absolute Gasteiger partial charge is 0.482 e. The quantitative estimate of drug-likeness (QED) is 0.135. The molecule has 11 nitrogen and oxygen atoms in total. The number of rotatable bonds is 9. The second kappa shape index (κ2) is 11.3. The van der Waals surface area contributed by atoms with Crippen LogP contribution in [-0.2, 0) is 6.61 Å². The van der Waals surface area contributed by atoms with Crippen molar-refractivity contribution < 1.29 is 14.6 Å². The molecule has 0 unspecified atom stereocenters. The number of nitrogens with zero attached hydrogens (tertiary/aromatic N) is 5. The molecule has 0 aliphatic rings. The maximum absolute atomic E-state index is 13.3. The Morgan fingerprint density at radius 1 is 1.11 bits per heavy atom. The summed E-state index contributed by atoms with van der Waals surface area (Å²) in [7, 11) is 0. The molecule has 0 spiro atoms. The topological polar surface area (TPSA) is 143 Å². The van der Waals surface area contributed by atoms with Gasteiger partial charge in [-0.3, -0.25) is 25.0 Å². The average Bonchev–Trinajstić information content (AvgIpc) is 2.91. The summed E-state index contributed by atoms with van der Waals surface area (Å²) in [6.45, 7) is 3.82. The van der Waals surface area contributed by atoms with Crippen LogP contribution in [0.4, 0.5) is 11.4 Å². The van der Waals surface area contributed by atoms with Gasteiger partial charge in [-0.25, -0.2) is 4.98 Å². The lowest BCUT2D eigenvalue weighted by atomic mass is 10.1. The van der Waals surface area contributed by atoms with Crippen LogP contribution in [-0.4, -0.2) is 25.7 Å². The van der Waals surface area contributed by atoms with Crippen molar-refractivity contribution in [3.8, 4) is 5.75 Å². The van der Waals surface area contributed by atoms with Crippen LogP contribution < -0.4 is 10.3 Å². The molecule has 0 radical (unpaired) electrons. The summed E-state index contributed by atoms with van der Waals surface area (Å²) >= 11 is 3.37. The van der Waals surface area contributed by atoms with Crippen LogP contribution in [0.25, 0.3) is 10.9 Å². The molecule has 0 saturated carbocycles. The average molecular weight is 580 g/mol. The second-order valence-electron chi connectivity index (χ2n) is 8.50. The van der Waals surface area contributed by atoms with E-state index in [0.29, 0.717) is 27.9 Å². The van der Waals surface area contributed by atoms with Crippen LogP contribution in [0.1, 0.15) is 43.1 Å². The minimum atomic E-state index is -0.591. The SMILES string of the molecule is CC[C@H](C)c1nc2ccc(Br)cc2c(=O)n1N=Cc1ccc(OCc2cccc([N+](=O)[O-])c2)c([N+](=O)[O-])c1. The Morgan fingerprint density at radius 3 is 2.61 bits per heavy atom. The predicted octanol–water partition coefficient (Wildman–Crippen LogP) is 5.95. The summed E-state index contributed by atoms with van der Waals surface area (Å²) in [4.78, 5) is 39.5. The number of aromatic nitrogens is 2. The lowest BCUT2D eigenvalue weighted by molar-refractivity contribution is -0.386. The van der Waals surface area contributed by atoms with Gasteiger partial charge in [0.2, 0.25) is 0 Å². The highest BCUT2D eigenvalue weighted by Gasteiger charge is 2.18. The van der Waals surface area contributed by atoms with Crippen LogP contribution in [0.2, 0.25) is 0 Å². The Morgan fingerprint density at radius 2 is 1.89 bits per heavy atom. The fourth-order valence-corrected chi connectivity index (χ4v) is 4.06. The van der Waals surface area contributed by atoms with Gasteiger partial charge in [0.1, 0.15) is 12.4 Å². The molecule has 0 bridgehead atoms. The molecule has 0 aliphatic carbocycles. The minimum Gasteiger partial charge on any atom is -0.482 e. The van der Waals surface area contributed by atoms with Gasteiger partial charge in [0.05, 0.1) is 27.0 Å². The van der Waals surface area contributed by atoms with E-state index in [-0.39, 0.29) is 35.2 Å². The number of hydrogen-bond donors (Lipinski definition) is 0. The molecule has 0 amide bonds. The highest BCUT2D eigenvalue weighted by atomic mass is 79.9. The zero-order chi connectivity index (χ0) is 27.4. The molecule has 3 aromatic carbocycles. The van der Waals surface area contributed by atoms with E-state index in [1.165, 1.54) is 41.2 Å². The van der Waals surface area contributed by atoms with Crippen molar-refractivity contribution in [3.05, 3.63) is 113 Å². The Kier molecular flexibility index (Phi) is 7.91. The summed E-state index contributed by atoms with van der Waals surface area (Å²) in [6.07, 6.45) is 2.09. The van der Waals surface area contributed by atoms with Crippen LogP contribution in [0, 0.1) is 20.2 Å². The van der Waals surface area contributed by atoms with E-state index in [2.05, 4.69) is 26.0 Å². The van der Waals surface area contributed by atoms with Crippen molar-refractivity contribution in [2.45, 2.75) is 32.8 Å². The van der Waals surface area contributed by atoms with E-state index in [9.17, 15) is 25.0 Å². The standard InChI is InChI=1S/C26H22BrN5O6/c1-3-16(2)25-29-22-9-8-19(27)13-21(22)26(33)30(25)28-14-17-7-10-24(23(12-17)32(36)37)38-15-18-5-4-6-20(11-18)31(34)35/h4-14,16H,3,15H2,1-2H3/t16-/m0/s1. The zero-order valence-electron chi connectivity index (χ0n) is 20.4. The van der Waals surface area contributed by atoms with Gasteiger partial charge in [-0.15, -0.1) is 0 Å². The minimum absolute atomic E-state index is 0.00617. The third kappa shape index (κ3) is 5.75. The van der Waals surface area contributed by atoms with Gasteiger partial charge in [0.25, 0.3) is 11.2 Å². The van der Waals surface area contributed by atoms with Crippen molar-refractivity contribution in [1.29, 1.82) is 0 Å². The Hall–Kier alpha value is -4.45. The van der Waals surface area contributed by atoms with Gasteiger partial charge in [-0.1, -0.05) is 41.9 Å². The summed E-state index contributed by atoms with van der Waals surface area (Å²) in [5.74, 6) is 0.412. The lowest BCUT2D eigenvalue weighted by Gasteiger charge is -2.14. The van der Waals surface area contributed by atoms with E-state index in [1.54, 1.807) is 24.3 Å². The number of fused-ring (bicyclic) bond motifs is 1. The number of hydrogen-bond acceptors (Lipinski definition) is 8. The first-order valence-corrected chi connectivity index (χ1v) is 12.4. The molecule has 4 rings (SSSR count). The van der Waals surface area contributed by atoms with E-state index in [0.717, 1.165) is 10.9 Å². The summed E-state index contributed by atoms with van der Waals surface area (Å²) in [5, 5.41) is 27.5. The predicted molar refractivity (Wildman–Crippen MR) is 146 cm³/mol. The molecule has 0 saturated heterocycles. The van der Waals surface area contributed by atoms with Gasteiger partial charge >= 0.3 is 5.69 Å². The molecule has 1 atom stereocenters. The Balaban J connectivity index is 1.67. The first-order valence-electron chi connectivity index (χ1n) is 11.6. The molecular formula is C26H22BrN5O6. The van der Waals surface area contributed by atoms with Crippen LogP contribution in [0.15, 0.2) is 75.0 Å². The van der Waals surface area contributed by atoms with E-state index in [1.807, 2.05) is 19.9 Å². The normalized spacial score (nSPS) is 12.1. The molecule has 0 aliphatic heterocycles. The zero-order valence-corrected chi connectivity index (χ0v) is 22.0. The van der Waals surface area contributed by atoms with Crippen LogP contribution in [0.5, 0.6) is 5.75 Å². The number of nitro benzene ring substituents is 2. The number of ether oxygens (including phenoxy) is 1. The van der Waals surface area contributed by atoms with Gasteiger partial charge < -0.3 is 4.74 Å². The summed E-state index contributed by atoms with van der Waals surface area (Å²) in [6, 6.07) is 15.4. The molecule has 1 aromatic heterocycles. The summed E-state index contributed by atoms with van der Waals surface area (Å²) in [5.41, 5.74) is 0.654. The number of non-ortho nitro benzene ring substituents is 1. The molecule has 12 heteroatoms. The van der Waals surface area contributed by atoms with E-state index >= 15 is 0 Å². The van der Waals surface area contributed by atoms with Crippen molar-refractivity contribution in [2.24, 2.45) is 5.10 Å². The van der Waals surface area contributed by atoms with Crippen molar-refractivity contribution in [1.82, 2.24) is 9.66 Å². The fourth-order valence-electron chi connectivity index (χ4n) is 3.70. The summed E-state index contributed by atoms with van der Waals surface area (Å²) < 4.78 is 7.55. The monoisotopic (exact) mass is 579 g/mol. The molecular weight excluding hydrogens is 558 g/mol. The first kappa shape index (κ1) is 26.6. The highest BCUT2D eigenvalue weighted by Crippen LogP contribution is 2.29. The third-order valence-corrected chi connectivity index (χ3v) is 6.40. The number of halogens is 1. The van der Waals surface area contributed by atoms with Gasteiger partial charge in [-0.2, -0.15) is 9.78 Å². The molecule has 194 valence electrons. The maximum Gasteiger partial charge on any atom is 0.311 e. The van der Waals surface area contributed by atoms with E-state index in [4.69, 9.17) is 4.74 Å². The first-order chi connectivity index (χ1) is 18.2. The Labute approximate surface area is 224 Å². The molecule has 38 heavy (non-hydrogen) atoms. The fraction of sp³-hybridized carbons (Fsp3) is 0.192. The Bertz CT molecular complexity index is 1630. The second-order valence-corrected chi connectivity index (χ2v) is 9.42. The van der Waals surface area contributed by atoms with Crippen LogP contribution in [0.3, 0.4) is 0 Å². The molecule has 0 fully saturated rings. The van der Waals surface area contributed by atoms with Crippen molar-refractivity contribution >= 4 is 44.4 Å². The third-order valence-electron chi connectivity index (χ3n) is 5.90. The number of nitro groups is 2. The lowest BCUT2D eigenvalue weighted by Crippen LogP contribution is -2.23.